The minimum absolute atomic E-state index is 0. The fourth-order valence-electron chi connectivity index (χ4n) is 2.03. The third-order valence-electron chi connectivity index (χ3n) is 3.54. The minimum Gasteiger partial charge on any atom is -0.493 e. The largest absolute Gasteiger partial charge is 0.493 e. The van der Waals surface area contributed by atoms with E-state index in [1.807, 2.05) is 13.8 Å². The van der Waals surface area contributed by atoms with Gasteiger partial charge in [-0.15, -0.1) is 12.4 Å². The number of hydrogen-bond acceptors (Lipinski definition) is 7. The summed E-state index contributed by atoms with van der Waals surface area (Å²) in [5, 5.41) is 6.41. The lowest BCUT2D eigenvalue weighted by molar-refractivity contribution is -0.123. The molecule has 1 heterocycles. The molecule has 1 amide bonds. The Labute approximate surface area is 160 Å². The number of methoxy groups -OCH3 is 1. The number of halogens is 3. The highest BCUT2D eigenvalue weighted by Gasteiger charge is 2.18. The van der Waals surface area contributed by atoms with Crippen molar-refractivity contribution in [3.8, 4) is 22.9 Å². The van der Waals surface area contributed by atoms with Crippen LogP contribution in [0.5, 0.6) is 11.5 Å². The molecule has 0 saturated heterocycles. The van der Waals surface area contributed by atoms with E-state index in [0.29, 0.717) is 5.56 Å². The quantitative estimate of drug-likeness (QED) is 0.691. The fourth-order valence-corrected chi connectivity index (χ4v) is 2.03. The summed E-state index contributed by atoms with van der Waals surface area (Å²) >= 11 is 0. The number of amides is 1. The number of aromatic nitrogens is 2. The number of alkyl halides is 2. The van der Waals surface area contributed by atoms with Gasteiger partial charge in [0.25, 0.3) is 0 Å². The third-order valence-corrected chi connectivity index (χ3v) is 3.54. The monoisotopic (exact) mass is 406 g/mol. The van der Waals surface area contributed by atoms with Crippen LogP contribution >= 0.6 is 12.4 Å². The van der Waals surface area contributed by atoms with Gasteiger partial charge in [0.1, 0.15) is 0 Å². The van der Waals surface area contributed by atoms with E-state index in [4.69, 9.17) is 15.0 Å². The lowest BCUT2D eigenvalue weighted by atomic mass is 10.1. The third kappa shape index (κ3) is 6.04. The number of carbonyl (C=O) groups excluding carboxylic acids is 1. The molecule has 0 radical (unpaired) electrons. The van der Waals surface area contributed by atoms with Gasteiger partial charge in [0.2, 0.25) is 17.6 Å². The number of hydrogen-bond donors (Lipinski definition) is 2. The first-order chi connectivity index (χ1) is 12.3. The van der Waals surface area contributed by atoms with Crippen LogP contribution in [0.15, 0.2) is 22.7 Å². The van der Waals surface area contributed by atoms with Crippen LogP contribution in [-0.4, -0.2) is 35.8 Å². The van der Waals surface area contributed by atoms with Gasteiger partial charge in [0, 0.05) is 5.56 Å². The van der Waals surface area contributed by atoms with Crippen LogP contribution < -0.4 is 20.5 Å². The molecule has 1 aromatic heterocycles. The van der Waals surface area contributed by atoms with Crippen LogP contribution in [-0.2, 0) is 11.3 Å². The van der Waals surface area contributed by atoms with Crippen molar-refractivity contribution < 1.29 is 27.6 Å². The Bertz CT molecular complexity index is 758. The van der Waals surface area contributed by atoms with E-state index in [1.165, 1.54) is 25.3 Å². The van der Waals surface area contributed by atoms with Crippen molar-refractivity contribution in [1.82, 2.24) is 15.5 Å². The maximum Gasteiger partial charge on any atom is 0.387 e. The van der Waals surface area contributed by atoms with Gasteiger partial charge < -0.3 is 25.0 Å². The number of benzene rings is 1. The number of nitrogens with one attached hydrogen (secondary N) is 1. The molecule has 0 bridgehead atoms. The van der Waals surface area contributed by atoms with Gasteiger partial charge in [0.15, 0.2) is 11.5 Å². The van der Waals surface area contributed by atoms with Crippen LogP contribution in [0.25, 0.3) is 11.4 Å². The summed E-state index contributed by atoms with van der Waals surface area (Å²) in [6, 6.07) is 3.62. The molecular formula is C16H21ClF2N4O4. The Balaban J connectivity index is 0.00000364. The Kier molecular flexibility index (Phi) is 8.38. The first-order valence-corrected chi connectivity index (χ1v) is 7.81. The zero-order valence-electron chi connectivity index (χ0n) is 14.9. The number of ether oxygens (including phenoxy) is 2. The van der Waals surface area contributed by atoms with Gasteiger partial charge in [-0.1, -0.05) is 19.0 Å². The summed E-state index contributed by atoms with van der Waals surface area (Å²) in [6.45, 7) is 0.733. The molecule has 8 nitrogen and oxygen atoms in total. The van der Waals surface area contributed by atoms with Crippen LogP contribution in [0.1, 0.15) is 19.7 Å². The zero-order chi connectivity index (χ0) is 19.3. The molecule has 150 valence electrons. The van der Waals surface area contributed by atoms with Gasteiger partial charge in [-0.25, -0.2) is 0 Å². The summed E-state index contributed by atoms with van der Waals surface area (Å²) in [4.78, 5) is 16.0. The number of rotatable bonds is 8. The number of carbonyl (C=O) groups is 1. The fraction of sp³-hybridized carbons (Fsp3) is 0.438. The first-order valence-electron chi connectivity index (χ1n) is 7.81. The summed E-state index contributed by atoms with van der Waals surface area (Å²) in [5.74, 6) is 0.0559. The molecule has 0 aliphatic carbocycles. The average molecular weight is 407 g/mol. The zero-order valence-corrected chi connectivity index (χ0v) is 15.8. The molecule has 1 atom stereocenters. The molecule has 3 N–H and O–H groups in total. The van der Waals surface area contributed by atoms with Crippen molar-refractivity contribution in [2.45, 2.75) is 33.0 Å². The average Bonchev–Trinajstić information content (AvgIpc) is 3.07. The van der Waals surface area contributed by atoms with E-state index in [-0.39, 0.29) is 54.0 Å². The first kappa shape index (κ1) is 22.6. The predicted molar refractivity (Wildman–Crippen MR) is 94.8 cm³/mol. The van der Waals surface area contributed by atoms with Crippen molar-refractivity contribution >= 4 is 18.3 Å². The number of nitrogens with zero attached hydrogens (tertiary/aromatic N) is 2. The highest BCUT2D eigenvalue weighted by molar-refractivity contribution is 5.85. The van der Waals surface area contributed by atoms with Gasteiger partial charge in [-0.3, -0.25) is 4.79 Å². The standard InChI is InChI=1S/C16H20F2N4O4.ClH/c1-8(2)13(19)15(23)20-7-12-21-14(22-26-12)9-4-5-10(25-16(17)18)11(6-9)24-3;/h4-6,8,13,16H,7,19H2,1-3H3,(H,20,23);1H/t13-;/m0./s1. The van der Waals surface area contributed by atoms with Gasteiger partial charge in [-0.2, -0.15) is 13.8 Å². The molecule has 2 aromatic rings. The molecule has 0 aliphatic heterocycles. The second kappa shape index (κ2) is 10.0. The maximum atomic E-state index is 12.4. The molecule has 0 fully saturated rings. The van der Waals surface area contributed by atoms with E-state index < -0.39 is 12.7 Å². The Morgan fingerprint density at radius 2 is 2.04 bits per heavy atom. The van der Waals surface area contributed by atoms with E-state index in [9.17, 15) is 13.6 Å². The van der Waals surface area contributed by atoms with Gasteiger partial charge in [0.05, 0.1) is 19.7 Å². The van der Waals surface area contributed by atoms with E-state index in [1.54, 1.807) is 0 Å². The van der Waals surface area contributed by atoms with E-state index in [2.05, 4.69) is 20.2 Å². The SMILES string of the molecule is COc1cc(-c2noc(CNC(=O)[C@@H](N)C(C)C)n2)ccc1OC(F)F.Cl. The van der Waals surface area contributed by atoms with E-state index in [0.717, 1.165) is 0 Å². The molecule has 0 aliphatic rings. The molecule has 11 heteroatoms. The highest BCUT2D eigenvalue weighted by atomic mass is 35.5. The molecule has 0 unspecified atom stereocenters. The highest BCUT2D eigenvalue weighted by Crippen LogP contribution is 2.32. The summed E-state index contributed by atoms with van der Waals surface area (Å²) in [5.41, 5.74) is 6.22. The minimum atomic E-state index is -2.97. The van der Waals surface area contributed by atoms with Gasteiger partial charge >= 0.3 is 6.61 Å². The Hall–Kier alpha value is -2.46. The lowest BCUT2D eigenvalue weighted by Crippen LogP contribution is -2.43. The summed E-state index contributed by atoms with van der Waals surface area (Å²) in [7, 11) is 1.33. The normalized spacial score (nSPS) is 11.9. The Morgan fingerprint density at radius 1 is 1.33 bits per heavy atom. The van der Waals surface area contributed by atoms with Crippen LogP contribution in [0.3, 0.4) is 0 Å². The second-order valence-corrected chi connectivity index (χ2v) is 5.74. The topological polar surface area (TPSA) is 113 Å². The van der Waals surface area contributed by atoms with Crippen LogP contribution in [0, 0.1) is 5.92 Å². The summed E-state index contributed by atoms with van der Waals surface area (Å²) in [6.07, 6.45) is 0. The second-order valence-electron chi connectivity index (χ2n) is 5.74. The van der Waals surface area contributed by atoms with E-state index >= 15 is 0 Å². The summed E-state index contributed by atoms with van der Waals surface area (Å²) < 4.78 is 39.2. The van der Waals surface area contributed by atoms with Gasteiger partial charge in [-0.05, 0) is 24.1 Å². The lowest BCUT2D eigenvalue weighted by Gasteiger charge is -2.14. The van der Waals surface area contributed by atoms with Crippen molar-refractivity contribution in [1.29, 1.82) is 0 Å². The molecule has 1 aromatic carbocycles. The van der Waals surface area contributed by atoms with Crippen molar-refractivity contribution in [3.63, 3.8) is 0 Å². The Morgan fingerprint density at radius 3 is 2.63 bits per heavy atom. The van der Waals surface area contributed by atoms with Crippen molar-refractivity contribution in [2.75, 3.05) is 7.11 Å². The van der Waals surface area contributed by atoms with Crippen LogP contribution in [0.4, 0.5) is 8.78 Å². The number of nitrogens with two attached hydrogens (primary N) is 1. The molecular weight excluding hydrogens is 386 g/mol. The maximum absolute atomic E-state index is 12.4. The smallest absolute Gasteiger partial charge is 0.387 e. The molecule has 0 spiro atoms. The van der Waals surface area contributed by atoms with Crippen molar-refractivity contribution in [2.24, 2.45) is 11.7 Å². The predicted octanol–water partition coefficient (Wildman–Crippen LogP) is 2.37. The molecule has 0 saturated carbocycles. The molecule has 27 heavy (non-hydrogen) atoms. The van der Waals surface area contributed by atoms with Crippen LogP contribution in [0.2, 0.25) is 0 Å². The molecule has 2 rings (SSSR count). The van der Waals surface area contributed by atoms with Crippen molar-refractivity contribution in [3.05, 3.63) is 24.1 Å².